The van der Waals surface area contributed by atoms with Gasteiger partial charge in [-0.2, -0.15) is 0 Å². The predicted octanol–water partition coefficient (Wildman–Crippen LogP) is 2.27. The van der Waals surface area contributed by atoms with E-state index >= 15 is 0 Å². The molecule has 5 heteroatoms. The molecule has 4 aliphatic rings. The highest BCUT2D eigenvalue weighted by atomic mass is 16.2. The summed E-state index contributed by atoms with van der Waals surface area (Å²) >= 11 is 0. The fourth-order valence-corrected chi connectivity index (χ4v) is 6.10. The van der Waals surface area contributed by atoms with Gasteiger partial charge in [0.25, 0.3) is 0 Å². The Morgan fingerprint density at radius 1 is 0.926 bits per heavy atom. The zero-order valence-electron chi connectivity index (χ0n) is 18.2. The highest BCUT2D eigenvalue weighted by molar-refractivity contribution is 5.80. The highest BCUT2D eigenvalue weighted by Crippen LogP contribution is 2.36. The second-order valence-corrected chi connectivity index (χ2v) is 11.1. The molecule has 0 saturated carbocycles. The quantitative estimate of drug-likeness (QED) is 0.756. The van der Waals surface area contributed by atoms with Gasteiger partial charge in [0.05, 0.1) is 6.54 Å². The summed E-state index contributed by atoms with van der Waals surface area (Å²) in [6.07, 6.45) is 5.16. The minimum absolute atomic E-state index is 0.0834. The number of amides is 1. The molecule has 0 aromatic carbocycles. The van der Waals surface area contributed by atoms with Crippen molar-refractivity contribution < 1.29 is 4.79 Å². The van der Waals surface area contributed by atoms with Gasteiger partial charge in [-0.1, -0.05) is 0 Å². The Bertz CT molecular complexity index is 569. The molecule has 1 amide bonds. The van der Waals surface area contributed by atoms with Gasteiger partial charge in [0, 0.05) is 55.9 Å². The van der Waals surface area contributed by atoms with Crippen LogP contribution in [-0.4, -0.2) is 94.5 Å². The standard InChI is InChI=1S/C22H40N4O/c1-21(2,3)25-15-19-11-17(13-26(19)20(27)16-25)12-22(4,5)24-10-9-23-8-6-7-18(23)14-24/h17-19H,6-16H2,1-5H3. The summed E-state index contributed by atoms with van der Waals surface area (Å²) < 4.78 is 0. The van der Waals surface area contributed by atoms with E-state index in [0.717, 1.165) is 19.1 Å². The molecule has 0 N–H and O–H groups in total. The third kappa shape index (κ3) is 3.92. The van der Waals surface area contributed by atoms with Crippen molar-refractivity contribution in [1.29, 1.82) is 0 Å². The number of hydrogen-bond acceptors (Lipinski definition) is 4. The largest absolute Gasteiger partial charge is 0.337 e. The van der Waals surface area contributed by atoms with Crippen LogP contribution >= 0.6 is 0 Å². The molecule has 4 fully saturated rings. The molecular formula is C22H40N4O. The number of fused-ring (bicyclic) bond motifs is 2. The average Bonchev–Trinajstić information content (AvgIpc) is 3.19. The maximum Gasteiger partial charge on any atom is 0.237 e. The molecule has 0 aliphatic carbocycles. The van der Waals surface area contributed by atoms with E-state index in [-0.39, 0.29) is 11.1 Å². The van der Waals surface area contributed by atoms with Crippen molar-refractivity contribution in [1.82, 2.24) is 19.6 Å². The number of rotatable bonds is 3. The molecule has 4 aliphatic heterocycles. The van der Waals surface area contributed by atoms with E-state index in [1.807, 2.05) is 0 Å². The van der Waals surface area contributed by atoms with Crippen LogP contribution in [0.25, 0.3) is 0 Å². The second-order valence-electron chi connectivity index (χ2n) is 11.1. The molecular weight excluding hydrogens is 336 g/mol. The van der Waals surface area contributed by atoms with E-state index in [4.69, 9.17) is 0 Å². The first-order valence-electron chi connectivity index (χ1n) is 11.2. The Kier molecular flexibility index (Phi) is 5.09. The van der Waals surface area contributed by atoms with Crippen molar-refractivity contribution in [3.05, 3.63) is 0 Å². The van der Waals surface area contributed by atoms with Crippen molar-refractivity contribution in [3.8, 4) is 0 Å². The van der Waals surface area contributed by atoms with E-state index in [2.05, 4.69) is 54.2 Å². The van der Waals surface area contributed by atoms with Crippen molar-refractivity contribution in [2.75, 3.05) is 45.8 Å². The van der Waals surface area contributed by atoms with Crippen LogP contribution in [0.4, 0.5) is 0 Å². The number of piperazine rings is 2. The van der Waals surface area contributed by atoms with Crippen molar-refractivity contribution in [2.45, 2.75) is 83.5 Å². The van der Waals surface area contributed by atoms with Crippen LogP contribution in [0.1, 0.15) is 60.3 Å². The van der Waals surface area contributed by atoms with Crippen LogP contribution in [0.3, 0.4) is 0 Å². The summed E-state index contributed by atoms with van der Waals surface area (Å²) in [5.41, 5.74) is 0.320. The SMILES string of the molecule is CC(C)(C)N1CC(=O)N2CC(CC(C)(C)N3CCN4CCCC4C3)CC2C1. The van der Waals surface area contributed by atoms with Crippen LogP contribution in [-0.2, 0) is 4.79 Å². The summed E-state index contributed by atoms with van der Waals surface area (Å²) in [5, 5.41) is 0. The van der Waals surface area contributed by atoms with E-state index in [0.29, 0.717) is 24.4 Å². The Hall–Kier alpha value is -0.650. The smallest absolute Gasteiger partial charge is 0.237 e. The number of carbonyl (C=O) groups is 1. The fraction of sp³-hybridized carbons (Fsp3) is 0.955. The van der Waals surface area contributed by atoms with E-state index in [1.165, 1.54) is 51.9 Å². The molecule has 0 bridgehead atoms. The Balaban J connectivity index is 1.37. The van der Waals surface area contributed by atoms with Gasteiger partial charge in [-0.25, -0.2) is 0 Å². The molecule has 3 atom stereocenters. The third-order valence-electron chi connectivity index (χ3n) is 7.76. The number of nitrogens with zero attached hydrogens (tertiary/aromatic N) is 4. The molecule has 0 radical (unpaired) electrons. The van der Waals surface area contributed by atoms with Gasteiger partial charge in [0.15, 0.2) is 0 Å². The lowest BCUT2D eigenvalue weighted by Crippen LogP contribution is -2.58. The van der Waals surface area contributed by atoms with Crippen LogP contribution < -0.4 is 0 Å². The van der Waals surface area contributed by atoms with Gasteiger partial charge in [0.1, 0.15) is 0 Å². The van der Waals surface area contributed by atoms with Crippen molar-refractivity contribution in [3.63, 3.8) is 0 Å². The highest BCUT2D eigenvalue weighted by Gasteiger charge is 2.45. The zero-order valence-corrected chi connectivity index (χ0v) is 18.2. The number of hydrogen-bond donors (Lipinski definition) is 0. The fourth-order valence-electron chi connectivity index (χ4n) is 6.10. The molecule has 3 unspecified atom stereocenters. The van der Waals surface area contributed by atoms with Crippen molar-refractivity contribution >= 4 is 5.91 Å². The average molecular weight is 377 g/mol. The molecule has 0 aromatic heterocycles. The third-order valence-corrected chi connectivity index (χ3v) is 7.76. The minimum Gasteiger partial charge on any atom is -0.337 e. The zero-order chi connectivity index (χ0) is 19.4. The summed E-state index contributed by atoms with van der Waals surface area (Å²) in [5.74, 6) is 0.997. The van der Waals surface area contributed by atoms with Gasteiger partial charge in [0.2, 0.25) is 5.91 Å². The van der Waals surface area contributed by atoms with Gasteiger partial charge in [-0.3, -0.25) is 19.5 Å². The lowest BCUT2D eigenvalue weighted by atomic mass is 9.86. The van der Waals surface area contributed by atoms with Crippen molar-refractivity contribution in [2.24, 2.45) is 5.92 Å². The Labute approximate surface area is 166 Å². The maximum absolute atomic E-state index is 12.7. The first-order valence-corrected chi connectivity index (χ1v) is 11.2. The van der Waals surface area contributed by atoms with Gasteiger partial charge in [-0.05, 0) is 72.8 Å². The summed E-state index contributed by atoms with van der Waals surface area (Å²) in [4.78, 5) is 22.8. The monoisotopic (exact) mass is 376 g/mol. The topological polar surface area (TPSA) is 30.0 Å². The van der Waals surface area contributed by atoms with Gasteiger partial charge in [-0.15, -0.1) is 0 Å². The first kappa shape index (κ1) is 19.7. The predicted molar refractivity (Wildman–Crippen MR) is 110 cm³/mol. The molecule has 27 heavy (non-hydrogen) atoms. The molecule has 0 aromatic rings. The van der Waals surface area contributed by atoms with Crippen LogP contribution in [0.15, 0.2) is 0 Å². The van der Waals surface area contributed by atoms with E-state index in [9.17, 15) is 4.79 Å². The van der Waals surface area contributed by atoms with Crippen LogP contribution in [0.5, 0.6) is 0 Å². The lowest BCUT2D eigenvalue weighted by Gasteiger charge is -2.47. The molecule has 4 heterocycles. The summed E-state index contributed by atoms with van der Waals surface area (Å²) in [6.45, 7) is 19.2. The molecule has 0 spiro atoms. The molecule has 4 rings (SSSR count). The Morgan fingerprint density at radius 3 is 2.41 bits per heavy atom. The Morgan fingerprint density at radius 2 is 1.67 bits per heavy atom. The minimum atomic E-state index is 0.0834. The number of carbonyl (C=O) groups excluding carboxylic acids is 1. The van der Waals surface area contributed by atoms with Crippen LogP contribution in [0.2, 0.25) is 0 Å². The molecule has 5 nitrogen and oxygen atoms in total. The first-order chi connectivity index (χ1) is 12.6. The summed E-state index contributed by atoms with van der Waals surface area (Å²) in [6, 6.07) is 1.22. The lowest BCUT2D eigenvalue weighted by molar-refractivity contribution is -0.140. The molecule has 154 valence electrons. The summed E-state index contributed by atoms with van der Waals surface area (Å²) in [7, 11) is 0. The van der Waals surface area contributed by atoms with Gasteiger partial charge >= 0.3 is 0 Å². The normalized spacial score (nSPS) is 34.2. The van der Waals surface area contributed by atoms with Crippen LogP contribution in [0, 0.1) is 5.92 Å². The van der Waals surface area contributed by atoms with Gasteiger partial charge < -0.3 is 4.90 Å². The van der Waals surface area contributed by atoms with E-state index in [1.54, 1.807) is 0 Å². The molecule has 4 saturated heterocycles. The maximum atomic E-state index is 12.7. The van der Waals surface area contributed by atoms with E-state index < -0.39 is 0 Å². The second kappa shape index (κ2) is 7.00.